The molecule has 13 heteroatoms. The SMILES string of the molecule is CCC1CC(C)C[C@@H]1N(C)Cc1cc(O)c2c(c1C(F)(F)F)C[C@H]1C[C@H]3[C@H](N(C)C)C(O)=C(C(N)=O)C(=O)[C@@]3(O)C(O)=C1C2=O. The average molecular weight is 636 g/mol. The molecular formula is C32H40F3N3O7. The first kappa shape index (κ1) is 33.0. The number of allylic oxidation sites excluding steroid dienone is 1. The molecule has 0 radical (unpaired) electrons. The molecule has 45 heavy (non-hydrogen) atoms. The Balaban J connectivity index is 1.65. The van der Waals surface area contributed by atoms with E-state index in [1.165, 1.54) is 19.0 Å². The molecule has 0 heterocycles. The van der Waals surface area contributed by atoms with Crippen molar-refractivity contribution in [3.8, 4) is 5.75 Å². The Bertz CT molecular complexity index is 1530. The number of halogens is 3. The van der Waals surface area contributed by atoms with Crippen molar-refractivity contribution in [1.29, 1.82) is 0 Å². The lowest BCUT2D eigenvalue weighted by molar-refractivity contribution is -0.148. The van der Waals surface area contributed by atoms with E-state index in [1.54, 1.807) is 7.05 Å². The van der Waals surface area contributed by atoms with Crippen molar-refractivity contribution in [2.45, 2.75) is 76.4 Å². The average Bonchev–Trinajstić information content (AvgIpc) is 3.30. The minimum Gasteiger partial charge on any atom is -0.510 e. The van der Waals surface area contributed by atoms with Crippen molar-refractivity contribution >= 4 is 17.5 Å². The normalized spacial score (nSPS) is 31.9. The highest BCUT2D eigenvalue weighted by molar-refractivity contribution is 6.24. The maximum Gasteiger partial charge on any atom is 0.417 e. The molecule has 1 aromatic carbocycles. The van der Waals surface area contributed by atoms with Crippen LogP contribution in [0.5, 0.6) is 5.75 Å². The molecule has 0 aliphatic heterocycles. The Morgan fingerprint density at radius 3 is 2.31 bits per heavy atom. The van der Waals surface area contributed by atoms with Gasteiger partial charge in [-0.15, -0.1) is 0 Å². The van der Waals surface area contributed by atoms with Gasteiger partial charge in [-0.05, 0) is 81.8 Å². The van der Waals surface area contributed by atoms with Crippen molar-refractivity contribution in [3.63, 3.8) is 0 Å². The predicted molar refractivity (Wildman–Crippen MR) is 156 cm³/mol. The Kier molecular flexibility index (Phi) is 8.15. The molecule has 7 atom stereocenters. The van der Waals surface area contributed by atoms with Crippen molar-refractivity contribution in [3.05, 3.63) is 51.0 Å². The third kappa shape index (κ3) is 4.94. The lowest BCUT2D eigenvalue weighted by Crippen LogP contribution is -2.63. The molecule has 1 saturated carbocycles. The monoisotopic (exact) mass is 635 g/mol. The molecule has 0 bridgehead atoms. The third-order valence-electron chi connectivity index (χ3n) is 10.5. The van der Waals surface area contributed by atoms with Crippen molar-refractivity contribution in [2.24, 2.45) is 29.4 Å². The smallest absolute Gasteiger partial charge is 0.417 e. The van der Waals surface area contributed by atoms with E-state index in [9.17, 15) is 48.0 Å². The number of benzene rings is 1. The highest BCUT2D eigenvalue weighted by Gasteiger charge is 2.63. The van der Waals surface area contributed by atoms with Crippen LogP contribution in [0.3, 0.4) is 0 Å². The zero-order chi connectivity index (χ0) is 33.5. The van der Waals surface area contributed by atoms with Crippen LogP contribution in [0, 0.1) is 23.7 Å². The molecular weight excluding hydrogens is 595 g/mol. The molecule has 4 aliphatic rings. The van der Waals surface area contributed by atoms with Crippen LogP contribution in [0.4, 0.5) is 13.2 Å². The number of phenols is 1. The molecule has 246 valence electrons. The van der Waals surface area contributed by atoms with Gasteiger partial charge in [0, 0.05) is 24.1 Å². The van der Waals surface area contributed by atoms with Gasteiger partial charge in [0.25, 0.3) is 5.91 Å². The fourth-order valence-corrected chi connectivity index (χ4v) is 8.61. The lowest BCUT2D eigenvalue weighted by atomic mass is 9.58. The minimum atomic E-state index is -4.90. The number of phenolic OH excluding ortho intramolecular Hbond substituents is 1. The highest BCUT2D eigenvalue weighted by Crippen LogP contribution is 2.54. The van der Waals surface area contributed by atoms with Crippen LogP contribution >= 0.6 is 0 Å². The lowest BCUT2D eigenvalue weighted by Gasteiger charge is -2.50. The molecule has 1 aromatic rings. The fourth-order valence-electron chi connectivity index (χ4n) is 8.61. The number of carbonyl (C=O) groups is 3. The first-order valence-electron chi connectivity index (χ1n) is 15.2. The summed E-state index contributed by atoms with van der Waals surface area (Å²) in [5.74, 6) is -8.22. The summed E-state index contributed by atoms with van der Waals surface area (Å²) in [6.07, 6.45) is -2.96. The predicted octanol–water partition coefficient (Wildman–Crippen LogP) is 3.40. The van der Waals surface area contributed by atoms with E-state index in [0.717, 1.165) is 25.3 Å². The first-order valence-corrected chi connectivity index (χ1v) is 15.2. The zero-order valence-corrected chi connectivity index (χ0v) is 25.9. The van der Waals surface area contributed by atoms with Crippen LogP contribution in [0.1, 0.15) is 66.6 Å². The summed E-state index contributed by atoms with van der Waals surface area (Å²) < 4.78 is 44.7. The summed E-state index contributed by atoms with van der Waals surface area (Å²) in [7, 11) is 4.71. The molecule has 0 aromatic heterocycles. The summed E-state index contributed by atoms with van der Waals surface area (Å²) in [4.78, 5) is 42.7. The summed E-state index contributed by atoms with van der Waals surface area (Å²) in [6, 6.07) is -0.259. The third-order valence-corrected chi connectivity index (χ3v) is 10.5. The molecule has 0 saturated heterocycles. The molecule has 0 spiro atoms. The van der Waals surface area contributed by atoms with Crippen LogP contribution < -0.4 is 5.73 Å². The number of ketones is 2. The van der Waals surface area contributed by atoms with E-state index in [2.05, 4.69) is 13.8 Å². The summed E-state index contributed by atoms with van der Waals surface area (Å²) in [5, 5.41) is 45.1. The second-order valence-corrected chi connectivity index (χ2v) is 13.5. The standard InChI is InChI=1S/C32H40F3N3O7/c1-6-14-7-13(2)8-19(14)38(5)12-16-11-20(39)22-17(24(16)32(33,34)35)9-15-10-18-25(37(3)4)27(41)23(30(36)44)29(43)31(18,45)28(42)21(15)26(22)40/h11,13-15,18-19,25,39,41-42,45H,6-10,12H2,1-5H3,(H2,36,44)/t13?,14?,15-,18-,19-,25-,31-/m0/s1. The molecule has 1 fully saturated rings. The van der Waals surface area contributed by atoms with Gasteiger partial charge in [0.15, 0.2) is 11.4 Å². The number of aliphatic hydroxyl groups is 3. The summed E-state index contributed by atoms with van der Waals surface area (Å²) in [5.41, 5.74) is -1.29. The number of fused-ring (bicyclic) bond motifs is 3. The Morgan fingerprint density at radius 1 is 1.11 bits per heavy atom. The molecule has 1 amide bonds. The Hall–Kier alpha value is -3.42. The number of aromatic hydroxyl groups is 1. The number of likely N-dealkylation sites (N-methyl/N-ethyl adjacent to an activating group) is 1. The zero-order valence-electron chi connectivity index (χ0n) is 25.9. The van der Waals surface area contributed by atoms with Crippen molar-refractivity contribution < 1.29 is 48.0 Å². The van der Waals surface area contributed by atoms with E-state index in [1.807, 2.05) is 4.90 Å². The topological polar surface area (TPSA) is 165 Å². The minimum absolute atomic E-state index is 0.0474. The number of primary amides is 1. The maximum absolute atomic E-state index is 14.9. The van der Waals surface area contributed by atoms with E-state index in [-0.39, 0.29) is 24.6 Å². The molecule has 10 nitrogen and oxygen atoms in total. The van der Waals surface area contributed by atoms with Gasteiger partial charge in [-0.25, -0.2) is 0 Å². The van der Waals surface area contributed by atoms with Gasteiger partial charge in [-0.1, -0.05) is 20.3 Å². The van der Waals surface area contributed by atoms with Crippen LogP contribution in [0.15, 0.2) is 28.7 Å². The number of amides is 1. The van der Waals surface area contributed by atoms with Crippen LogP contribution in [-0.2, 0) is 28.7 Å². The van der Waals surface area contributed by atoms with Crippen LogP contribution in [0.25, 0.3) is 0 Å². The number of rotatable bonds is 6. The number of aliphatic hydroxyl groups excluding tert-OH is 2. The molecule has 4 aliphatic carbocycles. The number of nitrogens with two attached hydrogens (primary N) is 1. The van der Waals surface area contributed by atoms with Gasteiger partial charge < -0.3 is 26.2 Å². The van der Waals surface area contributed by atoms with E-state index in [0.29, 0.717) is 11.8 Å². The number of hydrogen-bond donors (Lipinski definition) is 5. The fraction of sp³-hybridized carbons (Fsp3) is 0.594. The number of Topliss-reactive ketones (excluding diaryl/α,β-unsaturated/α-hetero) is 2. The van der Waals surface area contributed by atoms with Gasteiger partial charge in [0.05, 0.1) is 17.2 Å². The maximum atomic E-state index is 14.9. The van der Waals surface area contributed by atoms with Crippen molar-refractivity contribution in [1.82, 2.24) is 9.80 Å². The summed E-state index contributed by atoms with van der Waals surface area (Å²) >= 11 is 0. The van der Waals surface area contributed by atoms with Gasteiger partial charge in [-0.3, -0.25) is 24.2 Å². The number of hydrogen-bond acceptors (Lipinski definition) is 9. The molecule has 6 N–H and O–H groups in total. The quantitative estimate of drug-likeness (QED) is 0.295. The Labute approximate surface area is 259 Å². The van der Waals surface area contributed by atoms with Gasteiger partial charge in [-0.2, -0.15) is 13.2 Å². The van der Waals surface area contributed by atoms with Gasteiger partial charge in [0.2, 0.25) is 5.78 Å². The van der Waals surface area contributed by atoms with Crippen LogP contribution in [-0.4, -0.2) is 86.5 Å². The van der Waals surface area contributed by atoms with E-state index in [4.69, 9.17) is 5.73 Å². The van der Waals surface area contributed by atoms with Crippen molar-refractivity contribution in [2.75, 3.05) is 21.1 Å². The second kappa shape index (κ2) is 11.1. The number of carbonyl (C=O) groups excluding carboxylic acids is 3. The molecule has 2 unspecified atom stereocenters. The number of alkyl halides is 3. The number of nitrogens with zero attached hydrogens (tertiary/aromatic N) is 2. The van der Waals surface area contributed by atoms with Gasteiger partial charge in [0.1, 0.15) is 22.8 Å². The molecule has 5 rings (SSSR count). The first-order chi connectivity index (χ1) is 20.9. The van der Waals surface area contributed by atoms with Gasteiger partial charge >= 0.3 is 6.18 Å². The Morgan fingerprint density at radius 2 is 1.76 bits per heavy atom. The van der Waals surface area contributed by atoms with E-state index < -0.39 is 98.7 Å². The van der Waals surface area contributed by atoms with E-state index >= 15 is 0 Å². The van der Waals surface area contributed by atoms with Crippen LogP contribution in [0.2, 0.25) is 0 Å². The highest BCUT2D eigenvalue weighted by atomic mass is 19.4. The summed E-state index contributed by atoms with van der Waals surface area (Å²) in [6.45, 7) is 4.05. The largest absolute Gasteiger partial charge is 0.510 e. The second-order valence-electron chi connectivity index (χ2n) is 13.5.